The monoisotopic (exact) mass is 552 g/mol. The summed E-state index contributed by atoms with van der Waals surface area (Å²) in [5, 5.41) is 0. The Hall–Kier alpha value is -2.78. The highest BCUT2D eigenvalue weighted by atomic mass is 19.1. The van der Waals surface area contributed by atoms with Gasteiger partial charge in [0.1, 0.15) is 17.9 Å². The maximum Gasteiger partial charge on any atom is 0.258 e. The fourth-order valence-corrected chi connectivity index (χ4v) is 6.88. The van der Waals surface area contributed by atoms with Crippen LogP contribution in [-0.2, 0) is 0 Å². The number of aromatic nitrogens is 2. The van der Waals surface area contributed by atoms with E-state index in [1.165, 1.54) is 69.6 Å². The van der Waals surface area contributed by atoms with Crippen molar-refractivity contribution in [2.24, 2.45) is 17.1 Å². The summed E-state index contributed by atoms with van der Waals surface area (Å²) < 4.78 is 20.6. The number of halogens is 1. The fraction of sp³-hybridized carbons (Fsp3) is 0.645. The first-order valence-corrected chi connectivity index (χ1v) is 15.0. The number of nitrogens with zero attached hydrogens (tertiary/aromatic N) is 5. The second kappa shape index (κ2) is 12.0. The predicted molar refractivity (Wildman–Crippen MR) is 155 cm³/mol. The number of hydrogen-bond acceptors (Lipinski definition) is 7. The smallest absolute Gasteiger partial charge is 0.258 e. The number of benzene rings is 1. The molecule has 1 amide bonds. The van der Waals surface area contributed by atoms with Gasteiger partial charge in [0.2, 0.25) is 0 Å². The van der Waals surface area contributed by atoms with Gasteiger partial charge >= 0.3 is 0 Å². The van der Waals surface area contributed by atoms with E-state index < -0.39 is 5.82 Å². The minimum absolute atomic E-state index is 0.0381. The molecular weight excluding hydrogens is 507 g/mol. The van der Waals surface area contributed by atoms with E-state index in [4.69, 9.17) is 10.5 Å². The lowest BCUT2D eigenvalue weighted by Gasteiger charge is -2.54. The van der Waals surface area contributed by atoms with Gasteiger partial charge < -0.3 is 25.2 Å². The number of ether oxygens (including phenoxy) is 1. The maximum atomic E-state index is 14.3. The van der Waals surface area contributed by atoms with Crippen molar-refractivity contribution in [3.05, 3.63) is 42.1 Å². The molecule has 9 heteroatoms. The number of hydrogen-bond donors (Lipinski definition) is 1. The molecule has 3 heterocycles. The molecule has 2 aliphatic heterocycles. The number of piperidine rings is 1. The minimum Gasteiger partial charge on any atom is -0.451 e. The van der Waals surface area contributed by atoms with E-state index in [0.717, 1.165) is 32.1 Å². The van der Waals surface area contributed by atoms with Gasteiger partial charge in [-0.05, 0) is 103 Å². The Morgan fingerprint density at radius 1 is 1.10 bits per heavy atom. The second-order valence-electron chi connectivity index (χ2n) is 12.8. The van der Waals surface area contributed by atoms with Crippen molar-refractivity contribution in [3.8, 4) is 11.5 Å². The summed E-state index contributed by atoms with van der Waals surface area (Å²) in [6, 6.07) is 4.42. The molecule has 2 saturated heterocycles. The summed E-state index contributed by atoms with van der Waals surface area (Å²) >= 11 is 0. The van der Waals surface area contributed by atoms with Gasteiger partial charge in [-0.3, -0.25) is 4.79 Å². The van der Waals surface area contributed by atoms with Crippen LogP contribution in [0, 0.1) is 17.2 Å². The van der Waals surface area contributed by atoms with Gasteiger partial charge in [-0.25, -0.2) is 14.4 Å². The number of carbonyl (C=O) groups excluding carboxylic acids is 1. The SMILES string of the molecule is CC(C)N(C(=O)c1cc(F)ccc1Oc1cncnc1N1CC2(CCN(C[C@H]3CC[C@H](N)CC3)CC2)C1)C(C)C. The summed E-state index contributed by atoms with van der Waals surface area (Å²) in [7, 11) is 0. The van der Waals surface area contributed by atoms with E-state index in [-0.39, 0.29) is 23.6 Å². The van der Waals surface area contributed by atoms with Crippen LogP contribution in [-0.4, -0.2) is 76.5 Å². The van der Waals surface area contributed by atoms with E-state index in [1.807, 2.05) is 27.7 Å². The number of anilines is 1. The number of nitrogens with two attached hydrogens (primary N) is 1. The number of rotatable bonds is 8. The summed E-state index contributed by atoms with van der Waals surface area (Å²) in [4.78, 5) is 28.9. The Bertz CT molecular complexity index is 1160. The molecule has 1 aromatic carbocycles. The predicted octanol–water partition coefficient (Wildman–Crippen LogP) is 5.09. The lowest BCUT2D eigenvalue weighted by Crippen LogP contribution is -2.61. The van der Waals surface area contributed by atoms with Crippen LogP contribution < -0.4 is 15.4 Å². The van der Waals surface area contributed by atoms with Crippen molar-refractivity contribution in [1.82, 2.24) is 19.8 Å². The molecule has 218 valence electrons. The quantitative estimate of drug-likeness (QED) is 0.488. The van der Waals surface area contributed by atoms with Gasteiger partial charge in [-0.1, -0.05) is 0 Å². The largest absolute Gasteiger partial charge is 0.451 e. The minimum atomic E-state index is -0.476. The highest BCUT2D eigenvalue weighted by Crippen LogP contribution is 2.45. The average molecular weight is 553 g/mol. The summed E-state index contributed by atoms with van der Waals surface area (Å²) in [5.41, 5.74) is 6.60. The van der Waals surface area contributed by atoms with Crippen LogP contribution >= 0.6 is 0 Å². The van der Waals surface area contributed by atoms with Crippen LogP contribution in [0.4, 0.5) is 10.2 Å². The van der Waals surface area contributed by atoms with E-state index in [2.05, 4.69) is 19.8 Å². The molecule has 0 radical (unpaired) electrons. The zero-order valence-electron chi connectivity index (χ0n) is 24.5. The molecule has 1 saturated carbocycles. The molecule has 2 aromatic rings. The van der Waals surface area contributed by atoms with Crippen LogP contribution in [0.25, 0.3) is 0 Å². The Balaban J connectivity index is 1.24. The third-order valence-corrected chi connectivity index (χ3v) is 9.07. The molecule has 5 rings (SSSR count). The second-order valence-corrected chi connectivity index (χ2v) is 12.8. The van der Waals surface area contributed by atoms with Crippen LogP contribution in [0.2, 0.25) is 0 Å². The Labute approximate surface area is 238 Å². The molecule has 2 N–H and O–H groups in total. The topological polar surface area (TPSA) is 87.8 Å². The van der Waals surface area contributed by atoms with E-state index in [0.29, 0.717) is 28.8 Å². The molecule has 0 atom stereocenters. The molecule has 8 nitrogen and oxygen atoms in total. The number of amides is 1. The molecular formula is C31H45FN6O2. The molecule has 0 bridgehead atoms. The molecule has 3 aliphatic rings. The Kier molecular flexibility index (Phi) is 8.61. The van der Waals surface area contributed by atoms with Crippen molar-refractivity contribution in [3.63, 3.8) is 0 Å². The summed E-state index contributed by atoms with van der Waals surface area (Å²) in [5.74, 6) is 1.56. The molecule has 3 fully saturated rings. The van der Waals surface area contributed by atoms with Gasteiger partial charge in [-0.15, -0.1) is 0 Å². The highest BCUT2D eigenvalue weighted by molar-refractivity contribution is 5.97. The lowest BCUT2D eigenvalue weighted by atomic mass is 9.71. The van der Waals surface area contributed by atoms with E-state index in [1.54, 1.807) is 11.1 Å². The molecule has 0 unspecified atom stereocenters. The standard InChI is InChI=1S/C31H45FN6O2/c1-21(2)38(22(3)4)30(39)26-15-24(32)7-10-27(26)40-28-16-34-20-35-29(28)37-18-31(19-37)11-13-36(14-12-31)17-23-5-8-25(33)9-6-23/h7,10,15-16,20-23,25H,5-6,8-9,11-14,17-19,33H2,1-4H3/t23-,25-. The summed E-state index contributed by atoms with van der Waals surface area (Å²) in [6.07, 6.45) is 10.4. The Morgan fingerprint density at radius 2 is 1.77 bits per heavy atom. The molecule has 40 heavy (non-hydrogen) atoms. The van der Waals surface area contributed by atoms with Crippen LogP contribution in [0.15, 0.2) is 30.7 Å². The van der Waals surface area contributed by atoms with Gasteiger partial charge in [0.25, 0.3) is 5.91 Å². The van der Waals surface area contributed by atoms with Crippen molar-refractivity contribution < 1.29 is 13.9 Å². The molecule has 1 spiro atoms. The normalized spacial score (nSPS) is 22.9. The van der Waals surface area contributed by atoms with Crippen LogP contribution in [0.1, 0.15) is 76.6 Å². The third kappa shape index (κ3) is 6.25. The molecule has 1 aliphatic carbocycles. The zero-order valence-corrected chi connectivity index (χ0v) is 24.5. The van der Waals surface area contributed by atoms with Crippen molar-refractivity contribution in [2.45, 2.75) is 84.3 Å². The van der Waals surface area contributed by atoms with Gasteiger partial charge in [0.05, 0.1) is 11.8 Å². The van der Waals surface area contributed by atoms with E-state index in [9.17, 15) is 9.18 Å². The highest BCUT2D eigenvalue weighted by Gasteiger charge is 2.46. The zero-order chi connectivity index (χ0) is 28.4. The first-order valence-electron chi connectivity index (χ1n) is 15.0. The van der Waals surface area contributed by atoms with Gasteiger partial charge in [-0.2, -0.15) is 0 Å². The summed E-state index contributed by atoms with van der Waals surface area (Å²) in [6.45, 7) is 13.2. The maximum absolute atomic E-state index is 14.3. The number of carbonyl (C=O) groups is 1. The van der Waals surface area contributed by atoms with Gasteiger partial charge in [0.15, 0.2) is 11.6 Å². The van der Waals surface area contributed by atoms with Gasteiger partial charge in [0, 0.05) is 43.2 Å². The van der Waals surface area contributed by atoms with Crippen molar-refractivity contribution >= 4 is 11.7 Å². The van der Waals surface area contributed by atoms with Crippen molar-refractivity contribution in [1.29, 1.82) is 0 Å². The van der Waals surface area contributed by atoms with Crippen molar-refractivity contribution in [2.75, 3.05) is 37.6 Å². The first-order chi connectivity index (χ1) is 19.1. The average Bonchev–Trinajstić information content (AvgIpc) is 2.90. The van der Waals surface area contributed by atoms with Crippen LogP contribution in [0.5, 0.6) is 11.5 Å². The third-order valence-electron chi connectivity index (χ3n) is 9.07. The first kappa shape index (κ1) is 28.7. The number of likely N-dealkylation sites (tertiary alicyclic amines) is 1. The van der Waals surface area contributed by atoms with Crippen LogP contribution in [0.3, 0.4) is 0 Å². The lowest BCUT2D eigenvalue weighted by molar-refractivity contribution is 0.0620. The molecule has 1 aromatic heterocycles. The fourth-order valence-electron chi connectivity index (χ4n) is 6.88. The Morgan fingerprint density at radius 3 is 2.42 bits per heavy atom. The van der Waals surface area contributed by atoms with E-state index >= 15 is 0 Å².